The summed E-state index contributed by atoms with van der Waals surface area (Å²) in [5.41, 5.74) is 5.02. The van der Waals surface area contributed by atoms with Crippen molar-refractivity contribution in [3.63, 3.8) is 0 Å². The maximum Gasteiger partial charge on any atom is 0.214 e. The van der Waals surface area contributed by atoms with Gasteiger partial charge < -0.3 is 15.6 Å². The molecule has 0 aliphatic rings. The lowest BCUT2D eigenvalue weighted by atomic mass is 10.1. The summed E-state index contributed by atoms with van der Waals surface area (Å²) in [5.74, 6) is 0. The fraction of sp³-hybridized carbons (Fsp3) is 1.00. The van der Waals surface area contributed by atoms with E-state index in [9.17, 15) is 5.11 Å². The lowest BCUT2D eigenvalue weighted by molar-refractivity contribution is -0.182. The van der Waals surface area contributed by atoms with E-state index in [4.69, 9.17) is 10.5 Å². The first kappa shape index (κ1) is 12.8. The SMILES string of the molecule is CC(C)(N)CNC(O)OC(C)(C)C. The number of nitrogens with two attached hydrogens (primary N) is 1. The molecule has 4 heteroatoms. The second-order valence-corrected chi connectivity index (χ2v) is 4.95. The Morgan fingerprint density at radius 2 is 1.77 bits per heavy atom. The van der Waals surface area contributed by atoms with E-state index in [0.717, 1.165) is 0 Å². The van der Waals surface area contributed by atoms with Crippen LogP contribution in [0.3, 0.4) is 0 Å². The fourth-order valence-electron chi connectivity index (χ4n) is 0.727. The molecular formula is C9H22N2O2. The molecule has 0 aromatic heterocycles. The minimum absolute atomic E-state index is 0.345. The zero-order valence-electron chi connectivity index (χ0n) is 9.22. The van der Waals surface area contributed by atoms with Crippen LogP contribution >= 0.6 is 0 Å². The van der Waals surface area contributed by atoms with Gasteiger partial charge in [0.25, 0.3) is 0 Å². The highest BCUT2D eigenvalue weighted by molar-refractivity contribution is 4.74. The lowest BCUT2D eigenvalue weighted by Crippen LogP contribution is -2.48. The Balaban J connectivity index is 3.70. The molecule has 0 fully saturated rings. The summed E-state index contributed by atoms with van der Waals surface area (Å²) in [7, 11) is 0. The molecule has 0 aliphatic heterocycles. The smallest absolute Gasteiger partial charge is 0.214 e. The number of aliphatic hydroxyl groups excluding tert-OH is 1. The molecule has 0 radical (unpaired) electrons. The molecular weight excluding hydrogens is 168 g/mol. The zero-order chi connectivity index (χ0) is 10.7. The van der Waals surface area contributed by atoms with Crippen molar-refractivity contribution in [3.8, 4) is 0 Å². The van der Waals surface area contributed by atoms with E-state index < -0.39 is 6.41 Å². The normalized spacial score (nSPS) is 15.9. The van der Waals surface area contributed by atoms with E-state index in [1.165, 1.54) is 0 Å². The summed E-state index contributed by atoms with van der Waals surface area (Å²) in [5, 5.41) is 12.1. The van der Waals surface area contributed by atoms with Crippen LogP contribution in [0.25, 0.3) is 0 Å². The first-order valence-corrected chi connectivity index (χ1v) is 4.48. The van der Waals surface area contributed by atoms with Crippen molar-refractivity contribution in [1.82, 2.24) is 5.32 Å². The molecule has 0 spiro atoms. The number of nitrogens with one attached hydrogen (secondary N) is 1. The third-order valence-electron chi connectivity index (χ3n) is 1.20. The number of ether oxygens (including phenoxy) is 1. The molecule has 80 valence electrons. The van der Waals surface area contributed by atoms with E-state index in [2.05, 4.69) is 5.32 Å². The standard InChI is InChI=1S/C9H22N2O2/c1-8(2,3)13-7(12)11-6-9(4,5)10/h7,11-12H,6,10H2,1-5H3. The molecule has 0 saturated carbocycles. The maximum atomic E-state index is 9.36. The summed E-state index contributed by atoms with van der Waals surface area (Å²) in [6.07, 6.45) is -0.956. The summed E-state index contributed by atoms with van der Waals surface area (Å²) < 4.78 is 5.22. The molecule has 0 amide bonds. The van der Waals surface area contributed by atoms with Crippen molar-refractivity contribution in [2.45, 2.75) is 52.2 Å². The van der Waals surface area contributed by atoms with Crippen LogP contribution in [0, 0.1) is 0 Å². The molecule has 13 heavy (non-hydrogen) atoms. The second kappa shape index (κ2) is 4.37. The van der Waals surface area contributed by atoms with E-state index in [-0.39, 0.29) is 11.1 Å². The quantitative estimate of drug-likeness (QED) is 0.561. The minimum Gasteiger partial charge on any atom is -0.356 e. The summed E-state index contributed by atoms with van der Waals surface area (Å²) in [4.78, 5) is 0. The minimum atomic E-state index is -0.956. The van der Waals surface area contributed by atoms with Crippen LogP contribution in [0.4, 0.5) is 0 Å². The van der Waals surface area contributed by atoms with Crippen molar-refractivity contribution < 1.29 is 9.84 Å². The first-order chi connectivity index (χ1) is 5.60. The van der Waals surface area contributed by atoms with Gasteiger partial charge in [0.15, 0.2) is 0 Å². The predicted octanol–water partition coefficient (Wildman–Crippen LogP) is 0.404. The molecule has 0 rings (SSSR count). The Morgan fingerprint density at radius 3 is 2.08 bits per heavy atom. The van der Waals surface area contributed by atoms with Crippen LogP contribution in [0.2, 0.25) is 0 Å². The highest BCUT2D eigenvalue weighted by Crippen LogP contribution is 2.08. The van der Waals surface area contributed by atoms with Gasteiger partial charge in [-0.3, -0.25) is 5.32 Å². The molecule has 0 aromatic rings. The number of rotatable bonds is 4. The topological polar surface area (TPSA) is 67.5 Å². The van der Waals surface area contributed by atoms with E-state index >= 15 is 0 Å². The van der Waals surface area contributed by atoms with Crippen LogP contribution in [-0.4, -0.2) is 29.2 Å². The van der Waals surface area contributed by atoms with Crippen molar-refractivity contribution in [2.24, 2.45) is 5.73 Å². The Hall–Kier alpha value is -0.160. The van der Waals surface area contributed by atoms with Crippen molar-refractivity contribution in [3.05, 3.63) is 0 Å². The number of hydrogen-bond donors (Lipinski definition) is 3. The lowest BCUT2D eigenvalue weighted by Gasteiger charge is -2.27. The van der Waals surface area contributed by atoms with Crippen molar-refractivity contribution >= 4 is 0 Å². The molecule has 0 aliphatic carbocycles. The van der Waals surface area contributed by atoms with Crippen LogP contribution in [-0.2, 0) is 4.74 Å². The summed E-state index contributed by atoms with van der Waals surface area (Å²) in [6, 6.07) is 0. The molecule has 0 aromatic carbocycles. The van der Waals surface area contributed by atoms with Gasteiger partial charge in [0.05, 0.1) is 5.60 Å². The Morgan fingerprint density at radius 1 is 1.31 bits per heavy atom. The van der Waals surface area contributed by atoms with Crippen LogP contribution in [0.5, 0.6) is 0 Å². The summed E-state index contributed by atoms with van der Waals surface area (Å²) >= 11 is 0. The number of aliphatic hydroxyl groups is 1. The Kier molecular flexibility index (Phi) is 4.32. The molecule has 1 unspecified atom stereocenters. The molecule has 4 N–H and O–H groups in total. The van der Waals surface area contributed by atoms with E-state index in [1.807, 2.05) is 34.6 Å². The van der Waals surface area contributed by atoms with Gasteiger partial charge in [0.1, 0.15) is 0 Å². The van der Waals surface area contributed by atoms with Gasteiger partial charge in [0.2, 0.25) is 6.41 Å². The van der Waals surface area contributed by atoms with Gasteiger partial charge in [0, 0.05) is 12.1 Å². The fourth-order valence-corrected chi connectivity index (χ4v) is 0.727. The second-order valence-electron chi connectivity index (χ2n) is 4.95. The van der Waals surface area contributed by atoms with Crippen LogP contribution < -0.4 is 11.1 Å². The molecule has 1 atom stereocenters. The van der Waals surface area contributed by atoms with Gasteiger partial charge in [-0.25, -0.2) is 0 Å². The van der Waals surface area contributed by atoms with Crippen LogP contribution in [0.1, 0.15) is 34.6 Å². The molecule has 0 bridgehead atoms. The Labute approximate surface area is 80.5 Å². The molecule has 0 heterocycles. The molecule has 4 nitrogen and oxygen atoms in total. The highest BCUT2D eigenvalue weighted by atomic mass is 16.6. The van der Waals surface area contributed by atoms with E-state index in [0.29, 0.717) is 6.54 Å². The predicted molar refractivity (Wildman–Crippen MR) is 53.1 cm³/mol. The summed E-state index contributed by atoms with van der Waals surface area (Å²) in [6.45, 7) is 9.90. The van der Waals surface area contributed by atoms with Crippen molar-refractivity contribution in [1.29, 1.82) is 0 Å². The monoisotopic (exact) mass is 190 g/mol. The van der Waals surface area contributed by atoms with Crippen molar-refractivity contribution in [2.75, 3.05) is 6.54 Å². The Bertz CT molecular complexity index is 147. The van der Waals surface area contributed by atoms with Gasteiger partial charge in [-0.15, -0.1) is 0 Å². The zero-order valence-corrected chi connectivity index (χ0v) is 9.22. The van der Waals surface area contributed by atoms with Crippen LogP contribution in [0.15, 0.2) is 0 Å². The molecule has 0 saturated heterocycles. The average Bonchev–Trinajstić information content (AvgIpc) is 1.78. The maximum absolute atomic E-state index is 9.36. The van der Waals surface area contributed by atoms with Gasteiger partial charge in [-0.2, -0.15) is 0 Å². The first-order valence-electron chi connectivity index (χ1n) is 4.48. The highest BCUT2D eigenvalue weighted by Gasteiger charge is 2.18. The average molecular weight is 190 g/mol. The third kappa shape index (κ3) is 9.76. The largest absolute Gasteiger partial charge is 0.356 e. The van der Waals surface area contributed by atoms with E-state index in [1.54, 1.807) is 0 Å². The van der Waals surface area contributed by atoms with Gasteiger partial charge in [-0.05, 0) is 34.6 Å². The third-order valence-corrected chi connectivity index (χ3v) is 1.20. The number of hydrogen-bond acceptors (Lipinski definition) is 4. The van der Waals surface area contributed by atoms with Gasteiger partial charge >= 0.3 is 0 Å². The van der Waals surface area contributed by atoms with Gasteiger partial charge in [-0.1, -0.05) is 0 Å².